The maximum absolute atomic E-state index is 12.4. The van der Waals surface area contributed by atoms with Crippen LogP contribution in [0.15, 0.2) is 23.3 Å². The average molecular weight is 300 g/mol. The quantitative estimate of drug-likeness (QED) is 0.728. The first-order valence-corrected chi connectivity index (χ1v) is 8.93. The number of hydrogen-bond acceptors (Lipinski definition) is 2. The van der Waals surface area contributed by atoms with Crippen molar-refractivity contribution in [3.63, 3.8) is 0 Å². The van der Waals surface area contributed by atoms with Gasteiger partial charge in [0, 0.05) is 11.8 Å². The van der Waals surface area contributed by atoms with Crippen molar-refractivity contribution < 1.29 is 9.90 Å². The van der Waals surface area contributed by atoms with Crippen molar-refractivity contribution in [2.75, 3.05) is 0 Å². The molecule has 2 heteroatoms. The van der Waals surface area contributed by atoms with Crippen molar-refractivity contribution >= 4 is 5.78 Å². The molecule has 0 radical (unpaired) electrons. The second-order valence-corrected chi connectivity index (χ2v) is 8.97. The summed E-state index contributed by atoms with van der Waals surface area (Å²) in [5.41, 5.74) is 2.56. The van der Waals surface area contributed by atoms with Crippen LogP contribution in [-0.2, 0) is 4.79 Å². The molecular formula is C20H28O2. The number of carbonyl (C=O) groups is 1. The molecule has 0 spiro atoms. The maximum Gasteiger partial charge on any atom is 0.139 e. The first-order chi connectivity index (χ1) is 10.3. The highest BCUT2D eigenvalue weighted by Crippen LogP contribution is 2.63. The Morgan fingerprint density at radius 2 is 1.73 bits per heavy atom. The summed E-state index contributed by atoms with van der Waals surface area (Å²) in [6.07, 6.45) is 11.4. The molecule has 120 valence electrons. The number of hydrogen-bond donors (Lipinski definition) is 1. The lowest BCUT2D eigenvalue weighted by atomic mass is 9.50. The molecule has 4 aliphatic carbocycles. The molecule has 1 N–H and O–H groups in total. The van der Waals surface area contributed by atoms with Gasteiger partial charge in [-0.25, -0.2) is 0 Å². The van der Waals surface area contributed by atoms with Gasteiger partial charge in [0.15, 0.2) is 0 Å². The molecule has 0 saturated heterocycles. The lowest BCUT2D eigenvalue weighted by molar-refractivity contribution is -0.127. The second kappa shape index (κ2) is 4.35. The third-order valence-electron chi connectivity index (χ3n) is 7.56. The van der Waals surface area contributed by atoms with Crippen LogP contribution in [0.2, 0.25) is 0 Å². The fourth-order valence-corrected chi connectivity index (χ4v) is 5.93. The molecule has 0 aromatic carbocycles. The summed E-state index contributed by atoms with van der Waals surface area (Å²) in [6, 6.07) is 0. The summed E-state index contributed by atoms with van der Waals surface area (Å²) in [5, 5.41) is 10.4. The minimum absolute atomic E-state index is 0.0931. The van der Waals surface area contributed by atoms with E-state index in [4.69, 9.17) is 0 Å². The average Bonchev–Trinajstić information content (AvgIpc) is 2.76. The van der Waals surface area contributed by atoms with Crippen molar-refractivity contribution in [3.05, 3.63) is 23.3 Å². The van der Waals surface area contributed by atoms with Gasteiger partial charge in [0.25, 0.3) is 0 Å². The fraction of sp³-hybridized carbons (Fsp3) is 0.750. The highest BCUT2D eigenvalue weighted by Gasteiger charge is 2.56. The van der Waals surface area contributed by atoms with E-state index in [-0.39, 0.29) is 10.8 Å². The van der Waals surface area contributed by atoms with Crippen LogP contribution in [-0.4, -0.2) is 16.5 Å². The Morgan fingerprint density at radius 3 is 2.50 bits per heavy atom. The molecule has 0 bridgehead atoms. The Bertz CT molecular complexity index is 597. The zero-order valence-electron chi connectivity index (χ0n) is 14.1. The van der Waals surface area contributed by atoms with Gasteiger partial charge >= 0.3 is 0 Å². The normalized spacial score (nSPS) is 50.6. The molecule has 3 fully saturated rings. The van der Waals surface area contributed by atoms with Crippen LogP contribution in [0.25, 0.3) is 0 Å². The van der Waals surface area contributed by atoms with Gasteiger partial charge in [-0.3, -0.25) is 4.79 Å². The summed E-state index contributed by atoms with van der Waals surface area (Å²) < 4.78 is 0. The van der Waals surface area contributed by atoms with E-state index in [9.17, 15) is 9.90 Å². The van der Waals surface area contributed by atoms with E-state index in [1.54, 1.807) is 5.57 Å². The van der Waals surface area contributed by atoms with Crippen molar-refractivity contribution in [2.24, 2.45) is 22.7 Å². The van der Waals surface area contributed by atoms with Crippen LogP contribution in [0.4, 0.5) is 0 Å². The Kier molecular flexibility index (Phi) is 2.90. The predicted octanol–water partition coefficient (Wildman–Crippen LogP) is 4.19. The Morgan fingerprint density at radius 1 is 1.00 bits per heavy atom. The summed E-state index contributed by atoms with van der Waals surface area (Å²) in [4.78, 5) is 12.4. The number of aliphatic hydroxyl groups is 1. The topological polar surface area (TPSA) is 37.3 Å². The summed E-state index contributed by atoms with van der Waals surface area (Å²) in [7, 11) is 0. The molecule has 0 heterocycles. The van der Waals surface area contributed by atoms with Crippen molar-refractivity contribution in [1.82, 2.24) is 0 Å². The summed E-state index contributed by atoms with van der Waals surface area (Å²) >= 11 is 0. The lowest BCUT2D eigenvalue weighted by Crippen LogP contribution is -2.47. The van der Waals surface area contributed by atoms with E-state index in [2.05, 4.69) is 26.0 Å². The lowest BCUT2D eigenvalue weighted by Gasteiger charge is -2.54. The van der Waals surface area contributed by atoms with E-state index >= 15 is 0 Å². The summed E-state index contributed by atoms with van der Waals surface area (Å²) in [6.45, 7) is 6.59. The van der Waals surface area contributed by atoms with Crippen LogP contribution in [0.1, 0.15) is 65.7 Å². The third kappa shape index (κ3) is 1.79. The van der Waals surface area contributed by atoms with Gasteiger partial charge in [-0.2, -0.15) is 0 Å². The first kappa shape index (κ1) is 14.7. The molecule has 4 aliphatic rings. The molecule has 0 amide bonds. The van der Waals surface area contributed by atoms with Crippen molar-refractivity contribution in [2.45, 2.75) is 71.3 Å². The highest BCUT2D eigenvalue weighted by atomic mass is 16.3. The van der Waals surface area contributed by atoms with E-state index in [0.717, 1.165) is 44.9 Å². The van der Waals surface area contributed by atoms with Crippen molar-refractivity contribution in [1.29, 1.82) is 0 Å². The Labute approximate surface area is 133 Å². The van der Waals surface area contributed by atoms with Gasteiger partial charge in [-0.05, 0) is 62.7 Å². The first-order valence-electron chi connectivity index (χ1n) is 8.93. The predicted molar refractivity (Wildman–Crippen MR) is 87.3 cm³/mol. The maximum atomic E-state index is 12.4. The van der Waals surface area contributed by atoms with Gasteiger partial charge in [0.1, 0.15) is 5.78 Å². The second-order valence-electron chi connectivity index (χ2n) is 8.97. The van der Waals surface area contributed by atoms with Crippen LogP contribution in [0.5, 0.6) is 0 Å². The van der Waals surface area contributed by atoms with Gasteiger partial charge < -0.3 is 5.11 Å². The Hall–Kier alpha value is -0.890. The summed E-state index contributed by atoms with van der Waals surface area (Å²) in [5.74, 6) is 1.55. The smallest absolute Gasteiger partial charge is 0.139 e. The number of Topliss-reactive ketones (excluding diaryl/α,β-unsaturated/α-hetero) is 1. The van der Waals surface area contributed by atoms with E-state index in [0.29, 0.717) is 17.6 Å². The standard InChI is InChI=1S/C20H28O2/c1-18(22)10-11-19(2)13(12-18)4-5-14-15-6-7-17(21)20(15,3)9-8-16(14)19/h4-5,15-16,22H,6-12H2,1-3H3/t15-,16-,18-,19-,20-/m0/s1. The zero-order chi connectivity index (χ0) is 15.8. The molecule has 0 aromatic heterocycles. The van der Waals surface area contributed by atoms with Gasteiger partial charge in [0.05, 0.1) is 5.60 Å². The molecule has 5 atom stereocenters. The van der Waals surface area contributed by atoms with E-state index in [1.165, 1.54) is 5.57 Å². The minimum Gasteiger partial charge on any atom is -0.390 e. The molecule has 3 saturated carbocycles. The molecule has 0 unspecified atom stereocenters. The number of fused-ring (bicyclic) bond motifs is 5. The largest absolute Gasteiger partial charge is 0.390 e. The van der Waals surface area contributed by atoms with Crippen LogP contribution in [0, 0.1) is 22.7 Å². The van der Waals surface area contributed by atoms with Gasteiger partial charge in [-0.15, -0.1) is 0 Å². The molecule has 0 aliphatic heterocycles. The monoisotopic (exact) mass is 300 g/mol. The highest BCUT2D eigenvalue weighted by molar-refractivity contribution is 5.88. The van der Waals surface area contributed by atoms with Gasteiger partial charge in [-0.1, -0.05) is 37.1 Å². The van der Waals surface area contributed by atoms with Gasteiger partial charge in [0.2, 0.25) is 0 Å². The molecule has 22 heavy (non-hydrogen) atoms. The molecule has 2 nitrogen and oxygen atoms in total. The van der Waals surface area contributed by atoms with Crippen LogP contribution < -0.4 is 0 Å². The van der Waals surface area contributed by atoms with E-state index in [1.807, 2.05) is 6.92 Å². The zero-order valence-corrected chi connectivity index (χ0v) is 14.1. The molecular weight excluding hydrogens is 272 g/mol. The number of allylic oxidation sites excluding steroid dienone is 3. The number of ketones is 1. The third-order valence-corrected chi connectivity index (χ3v) is 7.56. The SMILES string of the molecule is C[C@]1(O)CC[C@@]2(C)C(=CC=C3[C@@H]2CC[C@]2(C)C(=O)CC[C@@H]32)C1. The minimum atomic E-state index is -0.538. The molecule has 4 rings (SSSR count). The Balaban J connectivity index is 1.75. The van der Waals surface area contributed by atoms with Crippen LogP contribution in [0.3, 0.4) is 0 Å². The van der Waals surface area contributed by atoms with E-state index < -0.39 is 5.60 Å². The number of carbonyl (C=O) groups excluding carboxylic acids is 1. The fourth-order valence-electron chi connectivity index (χ4n) is 5.93. The van der Waals surface area contributed by atoms with Crippen LogP contribution >= 0.6 is 0 Å². The number of rotatable bonds is 0. The van der Waals surface area contributed by atoms with Crippen molar-refractivity contribution in [3.8, 4) is 0 Å². The molecule has 0 aromatic rings.